The highest BCUT2D eigenvalue weighted by Gasteiger charge is 2.45. The highest BCUT2D eigenvalue weighted by Crippen LogP contribution is 2.51. The molecule has 6 nitrogen and oxygen atoms in total. The largest absolute Gasteiger partial charge is 0.507 e. The first-order chi connectivity index (χ1) is 11.6. The van der Waals surface area contributed by atoms with Crippen LogP contribution in [-0.4, -0.2) is 32.2 Å². The van der Waals surface area contributed by atoms with Crippen molar-refractivity contribution in [2.75, 3.05) is 21.3 Å². The first-order valence-electron chi connectivity index (χ1n) is 7.37. The van der Waals surface area contributed by atoms with Gasteiger partial charge in [-0.3, -0.25) is 4.79 Å². The molecule has 1 N–H and O–H groups in total. The second-order valence-electron chi connectivity index (χ2n) is 5.36. The van der Waals surface area contributed by atoms with Gasteiger partial charge < -0.3 is 24.1 Å². The third-order valence-corrected chi connectivity index (χ3v) is 4.09. The van der Waals surface area contributed by atoms with E-state index >= 15 is 0 Å². The zero-order valence-electron chi connectivity index (χ0n) is 13.7. The molecule has 0 aliphatic carbocycles. The van der Waals surface area contributed by atoms with E-state index in [1.165, 1.54) is 27.4 Å². The summed E-state index contributed by atoms with van der Waals surface area (Å²) in [4.78, 5) is 12.7. The number of carbonyl (C=O) groups is 1. The number of carbonyl (C=O) groups excluding carboxylic acids is 1. The van der Waals surface area contributed by atoms with E-state index < -0.39 is 5.79 Å². The maximum Gasteiger partial charge on any atom is 0.244 e. The van der Waals surface area contributed by atoms with E-state index in [0.29, 0.717) is 5.56 Å². The van der Waals surface area contributed by atoms with E-state index in [0.717, 1.165) is 0 Å². The van der Waals surface area contributed by atoms with Gasteiger partial charge in [0.25, 0.3) is 0 Å². The van der Waals surface area contributed by atoms with Gasteiger partial charge in [-0.25, -0.2) is 0 Å². The average Bonchev–Trinajstić information content (AvgIpc) is 2.61. The Balaban J connectivity index is 2.22. The van der Waals surface area contributed by atoms with Crippen LogP contribution in [0.5, 0.6) is 23.0 Å². The number of phenols is 1. The van der Waals surface area contributed by atoms with Crippen molar-refractivity contribution in [2.24, 2.45) is 0 Å². The molecule has 0 bridgehead atoms. The molecule has 0 saturated heterocycles. The number of aromatic hydroxyl groups is 1. The van der Waals surface area contributed by atoms with Gasteiger partial charge in [0.15, 0.2) is 17.3 Å². The number of rotatable bonds is 4. The topological polar surface area (TPSA) is 74.2 Å². The molecular formula is C18H18O6. The lowest BCUT2D eigenvalue weighted by molar-refractivity contribution is -0.174. The molecule has 0 fully saturated rings. The van der Waals surface area contributed by atoms with Crippen LogP contribution in [0.1, 0.15) is 22.3 Å². The zero-order valence-corrected chi connectivity index (χ0v) is 13.7. The molecule has 1 heterocycles. The Bertz CT molecular complexity index is 771. The van der Waals surface area contributed by atoms with E-state index in [1.807, 2.05) is 30.3 Å². The molecule has 2 aromatic carbocycles. The van der Waals surface area contributed by atoms with Crippen molar-refractivity contribution in [1.82, 2.24) is 0 Å². The Morgan fingerprint density at radius 3 is 2.42 bits per heavy atom. The molecule has 1 aliphatic heterocycles. The van der Waals surface area contributed by atoms with Gasteiger partial charge >= 0.3 is 0 Å². The van der Waals surface area contributed by atoms with Crippen LogP contribution in [0.15, 0.2) is 36.4 Å². The van der Waals surface area contributed by atoms with Crippen LogP contribution in [0, 0.1) is 0 Å². The van der Waals surface area contributed by atoms with Crippen LogP contribution in [0.2, 0.25) is 0 Å². The van der Waals surface area contributed by atoms with Gasteiger partial charge in [0.05, 0.1) is 20.6 Å². The summed E-state index contributed by atoms with van der Waals surface area (Å²) < 4.78 is 22.2. The fraction of sp³-hybridized carbons (Fsp3) is 0.278. The third-order valence-electron chi connectivity index (χ3n) is 4.09. The van der Waals surface area contributed by atoms with Crippen LogP contribution < -0.4 is 14.2 Å². The minimum absolute atomic E-state index is 0.0659. The van der Waals surface area contributed by atoms with Crippen LogP contribution in [0.4, 0.5) is 0 Å². The normalized spacial score (nSPS) is 19.4. The fourth-order valence-electron chi connectivity index (χ4n) is 2.90. The number of phenolic OH excluding ortho intramolecular Hbond substituents is 1. The predicted octanol–water partition coefficient (Wildman–Crippen LogP) is 2.87. The van der Waals surface area contributed by atoms with E-state index in [-0.39, 0.29) is 40.8 Å². The number of fused-ring (bicyclic) bond motifs is 1. The first kappa shape index (κ1) is 16.1. The van der Waals surface area contributed by atoms with E-state index in [9.17, 15) is 9.90 Å². The first-order valence-corrected chi connectivity index (χ1v) is 7.37. The van der Waals surface area contributed by atoms with Crippen LogP contribution in [0.25, 0.3) is 0 Å². The number of hydrogen-bond donors (Lipinski definition) is 1. The van der Waals surface area contributed by atoms with Crippen molar-refractivity contribution < 1.29 is 28.8 Å². The quantitative estimate of drug-likeness (QED) is 0.929. The third kappa shape index (κ3) is 2.35. The van der Waals surface area contributed by atoms with Gasteiger partial charge in [-0.05, 0) is 0 Å². The standard InChI is InChI=1S/C18H18O6/c1-21-14-9-12(19)15-13(20)10-18(23-3,11-7-5-4-6-8-11)24-17(15)16(14)22-2/h4-9,19H,10H2,1-3H3. The summed E-state index contributed by atoms with van der Waals surface area (Å²) in [5.74, 6) is -1.21. The zero-order chi connectivity index (χ0) is 17.3. The lowest BCUT2D eigenvalue weighted by atomic mass is 9.92. The molecule has 2 aromatic rings. The number of methoxy groups -OCH3 is 3. The summed E-state index contributed by atoms with van der Waals surface area (Å²) >= 11 is 0. The smallest absolute Gasteiger partial charge is 0.244 e. The number of benzene rings is 2. The van der Waals surface area contributed by atoms with Crippen molar-refractivity contribution in [2.45, 2.75) is 12.2 Å². The molecule has 24 heavy (non-hydrogen) atoms. The Morgan fingerprint density at radius 1 is 1.12 bits per heavy atom. The summed E-state index contributed by atoms with van der Waals surface area (Å²) in [6.45, 7) is 0. The van der Waals surface area contributed by atoms with Crippen LogP contribution in [0.3, 0.4) is 0 Å². The summed E-state index contributed by atoms with van der Waals surface area (Å²) in [6, 6.07) is 10.5. The average molecular weight is 330 g/mol. The second-order valence-corrected chi connectivity index (χ2v) is 5.36. The summed E-state index contributed by atoms with van der Waals surface area (Å²) in [5.41, 5.74) is 0.757. The molecule has 0 aromatic heterocycles. The molecule has 1 unspecified atom stereocenters. The predicted molar refractivity (Wildman–Crippen MR) is 85.9 cm³/mol. The Labute approximate surface area is 139 Å². The monoisotopic (exact) mass is 330 g/mol. The number of hydrogen-bond acceptors (Lipinski definition) is 6. The van der Waals surface area contributed by atoms with Gasteiger partial charge in [0, 0.05) is 18.7 Å². The van der Waals surface area contributed by atoms with Gasteiger partial charge in [-0.15, -0.1) is 0 Å². The highest BCUT2D eigenvalue weighted by molar-refractivity contribution is 6.04. The van der Waals surface area contributed by atoms with Gasteiger partial charge in [-0.2, -0.15) is 0 Å². The molecule has 1 aliphatic rings. The molecule has 1 atom stereocenters. The minimum atomic E-state index is -1.29. The highest BCUT2D eigenvalue weighted by atomic mass is 16.7. The number of ketones is 1. The lowest BCUT2D eigenvalue weighted by Crippen LogP contribution is -2.41. The van der Waals surface area contributed by atoms with Gasteiger partial charge in [0.2, 0.25) is 11.5 Å². The molecule has 126 valence electrons. The van der Waals surface area contributed by atoms with Gasteiger partial charge in [0.1, 0.15) is 11.3 Å². The Hall–Kier alpha value is -2.73. The maximum absolute atomic E-state index is 12.7. The minimum Gasteiger partial charge on any atom is -0.507 e. The summed E-state index contributed by atoms with van der Waals surface area (Å²) in [5, 5.41) is 10.2. The second kappa shape index (κ2) is 6.05. The number of Topliss-reactive ketones (excluding diaryl/α,β-unsaturated/α-hetero) is 1. The van der Waals surface area contributed by atoms with Crippen molar-refractivity contribution in [3.8, 4) is 23.0 Å². The van der Waals surface area contributed by atoms with E-state index in [4.69, 9.17) is 18.9 Å². The SMILES string of the molecule is COc1cc(O)c2c(c1OC)OC(OC)(c1ccccc1)CC2=O. The van der Waals surface area contributed by atoms with Crippen LogP contribution >= 0.6 is 0 Å². The van der Waals surface area contributed by atoms with Crippen molar-refractivity contribution >= 4 is 5.78 Å². The molecule has 0 saturated carbocycles. The Kier molecular flexibility index (Phi) is 4.07. The van der Waals surface area contributed by atoms with Crippen molar-refractivity contribution in [3.63, 3.8) is 0 Å². The van der Waals surface area contributed by atoms with Gasteiger partial charge in [-0.1, -0.05) is 30.3 Å². The lowest BCUT2D eigenvalue weighted by Gasteiger charge is -2.37. The van der Waals surface area contributed by atoms with Crippen LogP contribution in [-0.2, 0) is 10.5 Å². The molecule has 0 radical (unpaired) electrons. The van der Waals surface area contributed by atoms with E-state index in [1.54, 1.807) is 0 Å². The molecular weight excluding hydrogens is 312 g/mol. The summed E-state index contributed by atoms with van der Waals surface area (Å²) in [7, 11) is 4.35. The Morgan fingerprint density at radius 2 is 1.83 bits per heavy atom. The van der Waals surface area contributed by atoms with E-state index in [2.05, 4.69) is 0 Å². The fourth-order valence-corrected chi connectivity index (χ4v) is 2.90. The molecule has 3 rings (SSSR count). The van der Waals surface area contributed by atoms with Crippen molar-refractivity contribution in [1.29, 1.82) is 0 Å². The molecule has 0 spiro atoms. The van der Waals surface area contributed by atoms with Crippen molar-refractivity contribution in [3.05, 3.63) is 47.5 Å². The molecule has 6 heteroatoms. The summed E-state index contributed by atoms with van der Waals surface area (Å²) in [6.07, 6.45) is -0.0659. The molecule has 0 amide bonds. The maximum atomic E-state index is 12.7. The number of ether oxygens (including phenoxy) is 4.